The van der Waals surface area contributed by atoms with E-state index >= 15 is 0 Å². The molecule has 0 bridgehead atoms. The number of ether oxygens (including phenoxy) is 2. The first kappa shape index (κ1) is 22.1. The standard InChI is InChI=1S/C23H20ClIN2O3/c1-15-3-7-18(8-4-15)23(28)27-26-13-17-11-20(25)22(21(12-17)29-2)30-14-16-5-9-19(24)10-6-16/h3-13H,14H2,1-2H3,(H,27,28)/b26-13-. The van der Waals surface area contributed by atoms with Gasteiger partial charge in [-0.25, -0.2) is 5.43 Å². The van der Waals surface area contributed by atoms with E-state index in [2.05, 4.69) is 33.1 Å². The Morgan fingerprint density at radius 2 is 1.83 bits per heavy atom. The lowest BCUT2D eigenvalue weighted by atomic mass is 10.1. The van der Waals surface area contributed by atoms with Crippen LogP contribution < -0.4 is 14.9 Å². The molecule has 154 valence electrons. The third kappa shape index (κ3) is 5.96. The van der Waals surface area contributed by atoms with Gasteiger partial charge in [-0.1, -0.05) is 41.4 Å². The number of hydrazone groups is 1. The lowest BCUT2D eigenvalue weighted by Crippen LogP contribution is -2.17. The van der Waals surface area contributed by atoms with Crippen molar-refractivity contribution in [1.82, 2.24) is 5.43 Å². The first-order valence-corrected chi connectivity index (χ1v) is 10.6. The zero-order valence-electron chi connectivity index (χ0n) is 16.5. The van der Waals surface area contributed by atoms with E-state index in [1.165, 1.54) is 0 Å². The molecule has 0 saturated carbocycles. The zero-order valence-corrected chi connectivity index (χ0v) is 19.4. The molecule has 0 aliphatic rings. The molecule has 0 aliphatic heterocycles. The van der Waals surface area contributed by atoms with Gasteiger partial charge < -0.3 is 9.47 Å². The fourth-order valence-corrected chi connectivity index (χ4v) is 3.53. The maximum absolute atomic E-state index is 12.2. The smallest absolute Gasteiger partial charge is 0.271 e. The molecule has 3 aromatic rings. The highest BCUT2D eigenvalue weighted by atomic mass is 127. The summed E-state index contributed by atoms with van der Waals surface area (Å²) in [4.78, 5) is 12.2. The number of hydrogen-bond acceptors (Lipinski definition) is 4. The first-order valence-electron chi connectivity index (χ1n) is 9.11. The lowest BCUT2D eigenvalue weighted by Gasteiger charge is -2.13. The van der Waals surface area contributed by atoms with Crippen LogP contribution in [0.2, 0.25) is 5.02 Å². The molecule has 0 aliphatic carbocycles. The number of halogens is 2. The normalized spacial score (nSPS) is 10.8. The van der Waals surface area contributed by atoms with E-state index in [4.69, 9.17) is 21.1 Å². The summed E-state index contributed by atoms with van der Waals surface area (Å²) < 4.78 is 12.3. The molecule has 30 heavy (non-hydrogen) atoms. The molecule has 7 heteroatoms. The summed E-state index contributed by atoms with van der Waals surface area (Å²) in [5.41, 5.74) is 5.96. The molecule has 3 rings (SSSR count). The molecular weight excluding hydrogens is 515 g/mol. The highest BCUT2D eigenvalue weighted by molar-refractivity contribution is 14.1. The highest BCUT2D eigenvalue weighted by Crippen LogP contribution is 2.34. The minimum Gasteiger partial charge on any atom is -0.493 e. The van der Waals surface area contributed by atoms with Gasteiger partial charge in [0, 0.05) is 10.6 Å². The number of aryl methyl sites for hydroxylation is 1. The number of carbonyl (C=O) groups excluding carboxylic acids is 1. The topological polar surface area (TPSA) is 59.9 Å². The molecule has 0 atom stereocenters. The second-order valence-corrected chi connectivity index (χ2v) is 8.11. The fourth-order valence-electron chi connectivity index (χ4n) is 2.63. The van der Waals surface area contributed by atoms with Crippen molar-refractivity contribution in [3.63, 3.8) is 0 Å². The molecular formula is C23H20ClIN2O3. The maximum atomic E-state index is 12.2. The van der Waals surface area contributed by atoms with E-state index in [1.54, 1.807) is 31.5 Å². The predicted octanol–water partition coefficient (Wildman–Crippen LogP) is 5.60. The van der Waals surface area contributed by atoms with Crippen LogP contribution in [0.5, 0.6) is 11.5 Å². The summed E-state index contributed by atoms with van der Waals surface area (Å²) in [6.07, 6.45) is 1.57. The average Bonchev–Trinajstić information content (AvgIpc) is 2.74. The van der Waals surface area contributed by atoms with Gasteiger partial charge in [-0.05, 0) is 77.0 Å². The summed E-state index contributed by atoms with van der Waals surface area (Å²) in [6.45, 7) is 2.36. The minimum absolute atomic E-state index is 0.268. The van der Waals surface area contributed by atoms with Gasteiger partial charge in [0.1, 0.15) is 6.61 Å². The summed E-state index contributed by atoms with van der Waals surface area (Å²) in [7, 11) is 1.58. The summed E-state index contributed by atoms with van der Waals surface area (Å²) in [5.74, 6) is 0.965. The molecule has 3 aromatic carbocycles. The van der Waals surface area contributed by atoms with Crippen molar-refractivity contribution in [2.24, 2.45) is 5.10 Å². The van der Waals surface area contributed by atoms with Crippen LogP contribution in [0.25, 0.3) is 0 Å². The quantitative estimate of drug-likeness (QED) is 0.244. The molecule has 0 fully saturated rings. The number of hydrogen-bond donors (Lipinski definition) is 1. The van der Waals surface area contributed by atoms with Crippen molar-refractivity contribution in [3.8, 4) is 11.5 Å². The van der Waals surface area contributed by atoms with Crippen molar-refractivity contribution in [1.29, 1.82) is 0 Å². The van der Waals surface area contributed by atoms with Gasteiger partial charge in [0.05, 0.1) is 16.9 Å². The van der Waals surface area contributed by atoms with E-state index in [-0.39, 0.29) is 5.91 Å². The molecule has 0 heterocycles. The third-order valence-electron chi connectivity index (χ3n) is 4.24. The van der Waals surface area contributed by atoms with Gasteiger partial charge in [-0.3, -0.25) is 4.79 Å². The van der Waals surface area contributed by atoms with E-state index in [0.29, 0.717) is 28.7 Å². The molecule has 1 N–H and O–H groups in total. The van der Waals surface area contributed by atoms with Crippen molar-refractivity contribution in [3.05, 3.63) is 91.5 Å². The van der Waals surface area contributed by atoms with Crippen molar-refractivity contribution in [2.75, 3.05) is 7.11 Å². The zero-order chi connectivity index (χ0) is 21.5. The predicted molar refractivity (Wildman–Crippen MR) is 128 cm³/mol. The van der Waals surface area contributed by atoms with Crippen LogP contribution in [0.15, 0.2) is 65.8 Å². The van der Waals surface area contributed by atoms with Crippen molar-refractivity contribution >= 4 is 46.3 Å². The van der Waals surface area contributed by atoms with E-state index in [0.717, 1.165) is 20.3 Å². The highest BCUT2D eigenvalue weighted by Gasteiger charge is 2.12. The molecule has 0 unspecified atom stereocenters. The number of amides is 1. The summed E-state index contributed by atoms with van der Waals surface area (Å²) in [6, 6.07) is 18.5. The Morgan fingerprint density at radius 3 is 2.50 bits per heavy atom. The maximum Gasteiger partial charge on any atom is 0.271 e. The second-order valence-electron chi connectivity index (χ2n) is 6.51. The molecule has 0 aromatic heterocycles. The van der Waals surface area contributed by atoms with Gasteiger partial charge in [0.15, 0.2) is 11.5 Å². The Labute approximate surface area is 194 Å². The Bertz CT molecular complexity index is 1050. The molecule has 0 saturated heterocycles. The van der Waals surface area contributed by atoms with Crippen LogP contribution in [0, 0.1) is 10.5 Å². The number of benzene rings is 3. The van der Waals surface area contributed by atoms with Crippen LogP contribution in [0.1, 0.15) is 27.0 Å². The van der Waals surface area contributed by atoms with Gasteiger partial charge in [0.2, 0.25) is 0 Å². The average molecular weight is 535 g/mol. The second kappa shape index (κ2) is 10.4. The van der Waals surface area contributed by atoms with Crippen molar-refractivity contribution < 1.29 is 14.3 Å². The van der Waals surface area contributed by atoms with Crippen LogP contribution >= 0.6 is 34.2 Å². The van der Waals surface area contributed by atoms with Crippen LogP contribution in [-0.2, 0) is 6.61 Å². The third-order valence-corrected chi connectivity index (χ3v) is 5.29. The van der Waals surface area contributed by atoms with Gasteiger partial charge in [0.25, 0.3) is 5.91 Å². The Morgan fingerprint density at radius 1 is 1.13 bits per heavy atom. The van der Waals surface area contributed by atoms with E-state index < -0.39 is 0 Å². The molecule has 1 amide bonds. The van der Waals surface area contributed by atoms with Gasteiger partial charge >= 0.3 is 0 Å². The SMILES string of the molecule is COc1cc(/C=N\NC(=O)c2ccc(C)cc2)cc(I)c1OCc1ccc(Cl)cc1. The lowest BCUT2D eigenvalue weighted by molar-refractivity contribution is 0.0955. The summed E-state index contributed by atoms with van der Waals surface area (Å²) in [5, 5.41) is 4.74. The number of carbonyl (C=O) groups is 1. The van der Waals surface area contributed by atoms with E-state index in [9.17, 15) is 4.79 Å². The number of methoxy groups -OCH3 is 1. The largest absolute Gasteiger partial charge is 0.493 e. The van der Waals surface area contributed by atoms with Crippen LogP contribution in [0.3, 0.4) is 0 Å². The van der Waals surface area contributed by atoms with Crippen LogP contribution in [0.4, 0.5) is 0 Å². The number of nitrogens with one attached hydrogen (secondary N) is 1. The number of rotatable bonds is 7. The molecule has 0 radical (unpaired) electrons. The fraction of sp³-hybridized carbons (Fsp3) is 0.130. The molecule has 0 spiro atoms. The first-order chi connectivity index (χ1) is 14.5. The van der Waals surface area contributed by atoms with E-state index in [1.807, 2.05) is 49.4 Å². The van der Waals surface area contributed by atoms with Crippen molar-refractivity contribution in [2.45, 2.75) is 13.5 Å². The van der Waals surface area contributed by atoms with Gasteiger partial charge in [-0.15, -0.1) is 0 Å². The molecule has 5 nitrogen and oxygen atoms in total. The Hall–Kier alpha value is -2.58. The Kier molecular flexibility index (Phi) is 7.70. The summed E-state index contributed by atoms with van der Waals surface area (Å²) >= 11 is 8.11. The van der Waals surface area contributed by atoms with Crippen LogP contribution in [-0.4, -0.2) is 19.2 Å². The Balaban J connectivity index is 1.68. The van der Waals surface area contributed by atoms with Gasteiger partial charge in [-0.2, -0.15) is 5.10 Å². The number of nitrogens with zero attached hydrogens (tertiary/aromatic N) is 1. The monoisotopic (exact) mass is 534 g/mol. The minimum atomic E-state index is -0.268.